The molecule has 0 bridgehead atoms. The summed E-state index contributed by atoms with van der Waals surface area (Å²) < 4.78 is 5.73. The molecule has 0 aliphatic carbocycles. The molecule has 2 heterocycles. The van der Waals surface area contributed by atoms with Crippen molar-refractivity contribution in [3.8, 4) is 5.75 Å². The van der Waals surface area contributed by atoms with E-state index in [0.29, 0.717) is 30.3 Å². The number of likely N-dealkylation sites (tertiary alicyclic amines) is 1. The minimum absolute atomic E-state index is 0.0466. The number of nitrogens with one attached hydrogen (secondary N) is 2. The molecule has 240 valence electrons. The zero-order chi connectivity index (χ0) is 32.4. The van der Waals surface area contributed by atoms with E-state index in [2.05, 4.69) is 49.3 Å². The molecule has 2 aromatic carbocycles. The van der Waals surface area contributed by atoms with Crippen LogP contribution < -0.4 is 10.6 Å². The molecule has 0 unspecified atom stereocenters. The molecular weight excluding hydrogens is 556 g/mol. The Morgan fingerprint density at radius 2 is 1.84 bits per heavy atom. The van der Waals surface area contributed by atoms with Crippen LogP contribution in [0.15, 0.2) is 42.5 Å². The Hall–Kier alpha value is -3.59. The number of rotatable bonds is 7. The van der Waals surface area contributed by atoms with E-state index in [-0.39, 0.29) is 35.7 Å². The number of aromatic hydroxyl groups is 1. The van der Waals surface area contributed by atoms with Gasteiger partial charge in [0.1, 0.15) is 17.4 Å². The van der Waals surface area contributed by atoms with Gasteiger partial charge in [0.2, 0.25) is 11.8 Å². The van der Waals surface area contributed by atoms with E-state index in [1.165, 1.54) is 11.8 Å². The van der Waals surface area contributed by atoms with Gasteiger partial charge in [-0.2, -0.15) is 0 Å². The molecule has 2 aliphatic rings. The molecule has 9 heteroatoms. The maximum absolute atomic E-state index is 14.0. The van der Waals surface area contributed by atoms with Crippen molar-refractivity contribution in [2.45, 2.75) is 97.9 Å². The van der Waals surface area contributed by atoms with Gasteiger partial charge in [-0.05, 0) is 91.9 Å². The van der Waals surface area contributed by atoms with Gasteiger partial charge in [-0.3, -0.25) is 14.5 Å². The third-order valence-corrected chi connectivity index (χ3v) is 9.25. The Morgan fingerprint density at radius 1 is 1.11 bits per heavy atom. The first kappa shape index (κ1) is 33.3. The number of carbonyl (C=O) groups is 3. The van der Waals surface area contributed by atoms with Gasteiger partial charge in [0.15, 0.2) is 0 Å². The highest BCUT2D eigenvalue weighted by Crippen LogP contribution is 2.40. The SMILES string of the molecule is CC(=O)Nc1ccc2c(c1)CN(C(=O)OC(C)(C)C)[C@@H](C(=O)N[C@H](CN1CC[C@@](C)(c3cccc(O)c3)[C@@H](C)C1)C(C)C)C2. The van der Waals surface area contributed by atoms with E-state index in [4.69, 9.17) is 4.74 Å². The molecular formula is C35H50N4O5. The molecule has 0 radical (unpaired) electrons. The van der Waals surface area contributed by atoms with E-state index < -0.39 is 17.7 Å². The number of amides is 3. The summed E-state index contributed by atoms with van der Waals surface area (Å²) in [5.41, 5.74) is 2.89. The highest BCUT2D eigenvalue weighted by molar-refractivity contribution is 5.89. The van der Waals surface area contributed by atoms with Crippen molar-refractivity contribution in [1.29, 1.82) is 0 Å². The zero-order valence-corrected chi connectivity index (χ0v) is 27.6. The van der Waals surface area contributed by atoms with Crippen molar-refractivity contribution in [1.82, 2.24) is 15.1 Å². The predicted octanol–water partition coefficient (Wildman–Crippen LogP) is 5.45. The van der Waals surface area contributed by atoms with Crippen LogP contribution in [0.1, 0.15) is 78.5 Å². The summed E-state index contributed by atoms with van der Waals surface area (Å²) in [6.07, 6.45) is 0.766. The van der Waals surface area contributed by atoms with Gasteiger partial charge >= 0.3 is 6.09 Å². The molecule has 44 heavy (non-hydrogen) atoms. The normalized spacial score (nSPS) is 23.1. The highest BCUT2D eigenvalue weighted by Gasteiger charge is 2.41. The van der Waals surface area contributed by atoms with Crippen molar-refractivity contribution in [2.75, 3.05) is 25.0 Å². The monoisotopic (exact) mass is 606 g/mol. The van der Waals surface area contributed by atoms with Gasteiger partial charge in [-0.15, -0.1) is 0 Å². The fourth-order valence-corrected chi connectivity index (χ4v) is 6.36. The summed E-state index contributed by atoms with van der Waals surface area (Å²) >= 11 is 0. The fourth-order valence-electron chi connectivity index (χ4n) is 6.36. The van der Waals surface area contributed by atoms with Crippen LogP contribution in [-0.2, 0) is 32.7 Å². The third kappa shape index (κ3) is 7.92. The summed E-state index contributed by atoms with van der Waals surface area (Å²) in [5, 5.41) is 16.2. The summed E-state index contributed by atoms with van der Waals surface area (Å²) in [4.78, 5) is 42.9. The van der Waals surface area contributed by atoms with E-state index in [0.717, 1.165) is 36.2 Å². The van der Waals surface area contributed by atoms with Crippen molar-refractivity contribution in [2.24, 2.45) is 11.8 Å². The van der Waals surface area contributed by atoms with Crippen molar-refractivity contribution in [3.63, 3.8) is 0 Å². The van der Waals surface area contributed by atoms with Crippen LogP contribution in [-0.4, -0.2) is 70.1 Å². The maximum Gasteiger partial charge on any atom is 0.411 e. The van der Waals surface area contributed by atoms with Crippen LogP contribution in [0.3, 0.4) is 0 Å². The second-order valence-corrected chi connectivity index (χ2v) is 14.2. The number of ether oxygens (including phenoxy) is 1. The van der Waals surface area contributed by atoms with Gasteiger partial charge in [-0.25, -0.2) is 4.79 Å². The van der Waals surface area contributed by atoms with Crippen LogP contribution in [0.25, 0.3) is 0 Å². The van der Waals surface area contributed by atoms with Gasteiger partial charge in [0.05, 0.1) is 6.54 Å². The van der Waals surface area contributed by atoms with Crippen molar-refractivity contribution in [3.05, 3.63) is 59.2 Å². The van der Waals surface area contributed by atoms with E-state index >= 15 is 0 Å². The first-order chi connectivity index (χ1) is 20.6. The zero-order valence-electron chi connectivity index (χ0n) is 27.6. The smallest absolute Gasteiger partial charge is 0.411 e. The average Bonchev–Trinajstić information content (AvgIpc) is 2.92. The molecule has 1 saturated heterocycles. The number of carbonyl (C=O) groups excluding carboxylic acids is 3. The summed E-state index contributed by atoms with van der Waals surface area (Å²) in [5.74, 6) is 0.454. The van der Waals surface area contributed by atoms with Crippen LogP contribution >= 0.6 is 0 Å². The number of nitrogens with zero attached hydrogens (tertiary/aromatic N) is 2. The molecule has 0 spiro atoms. The lowest BCUT2D eigenvalue weighted by atomic mass is 9.68. The summed E-state index contributed by atoms with van der Waals surface area (Å²) in [6, 6.07) is 12.4. The summed E-state index contributed by atoms with van der Waals surface area (Å²) in [7, 11) is 0. The number of anilines is 1. The Morgan fingerprint density at radius 3 is 2.45 bits per heavy atom. The number of phenolic OH excluding ortho intramolecular Hbond substituents is 1. The molecule has 4 rings (SSSR count). The molecule has 9 nitrogen and oxygen atoms in total. The average molecular weight is 607 g/mol. The Bertz CT molecular complexity index is 1370. The highest BCUT2D eigenvalue weighted by atomic mass is 16.6. The first-order valence-electron chi connectivity index (χ1n) is 15.8. The van der Waals surface area contributed by atoms with Crippen molar-refractivity contribution >= 4 is 23.6 Å². The Kier molecular flexibility index (Phi) is 9.98. The molecule has 0 saturated carbocycles. The number of benzene rings is 2. The topological polar surface area (TPSA) is 111 Å². The van der Waals surface area contributed by atoms with Crippen LogP contribution in [0.4, 0.5) is 10.5 Å². The predicted molar refractivity (Wildman–Crippen MR) is 172 cm³/mol. The first-order valence-corrected chi connectivity index (χ1v) is 15.8. The second kappa shape index (κ2) is 13.2. The van der Waals surface area contributed by atoms with Gasteiger partial charge < -0.3 is 25.4 Å². The lowest BCUT2D eigenvalue weighted by molar-refractivity contribution is -0.128. The Balaban J connectivity index is 1.49. The third-order valence-electron chi connectivity index (χ3n) is 9.25. The summed E-state index contributed by atoms with van der Waals surface area (Å²) in [6.45, 7) is 18.3. The molecule has 2 aromatic rings. The number of fused-ring (bicyclic) bond motifs is 1. The van der Waals surface area contributed by atoms with Crippen LogP contribution in [0, 0.1) is 11.8 Å². The van der Waals surface area contributed by atoms with Crippen LogP contribution in [0.5, 0.6) is 5.75 Å². The molecule has 3 amide bonds. The Labute approximate surface area is 262 Å². The number of piperidine rings is 1. The molecule has 4 atom stereocenters. The van der Waals surface area contributed by atoms with Gasteiger partial charge in [-0.1, -0.05) is 45.9 Å². The standard InChI is InChI=1S/C35H50N4O5/c1-22(2)30(21-38-15-14-35(8,23(3)19-38)27-10-9-11-29(41)18-27)37-32(42)31-17-25-12-13-28(36-24(4)40)16-26(25)20-39(31)33(43)44-34(5,6)7/h9-13,16,18,22-23,30-31,41H,14-15,17,19-21H2,1-8H3,(H,36,40)(H,37,42)/t23-,30+,31+,35+/m0/s1. The molecule has 1 fully saturated rings. The minimum atomic E-state index is -0.723. The molecule has 2 aliphatic heterocycles. The number of hydrogen-bond acceptors (Lipinski definition) is 6. The van der Waals surface area contributed by atoms with E-state index in [1.54, 1.807) is 6.07 Å². The second-order valence-electron chi connectivity index (χ2n) is 14.2. The quantitative estimate of drug-likeness (QED) is 0.387. The number of phenols is 1. The van der Waals surface area contributed by atoms with Crippen LogP contribution in [0.2, 0.25) is 0 Å². The molecule has 3 N–H and O–H groups in total. The fraction of sp³-hybridized carbons (Fsp3) is 0.571. The van der Waals surface area contributed by atoms with Gasteiger partial charge in [0, 0.05) is 38.2 Å². The largest absolute Gasteiger partial charge is 0.508 e. The van der Waals surface area contributed by atoms with Crippen molar-refractivity contribution < 1.29 is 24.2 Å². The van der Waals surface area contributed by atoms with Gasteiger partial charge in [0.25, 0.3) is 0 Å². The lowest BCUT2D eigenvalue weighted by Crippen LogP contribution is -2.58. The van der Waals surface area contributed by atoms with E-state index in [9.17, 15) is 19.5 Å². The number of hydrogen-bond donors (Lipinski definition) is 3. The lowest BCUT2D eigenvalue weighted by Gasteiger charge is -2.46. The minimum Gasteiger partial charge on any atom is -0.508 e. The maximum atomic E-state index is 14.0. The van der Waals surface area contributed by atoms with E-state index in [1.807, 2.05) is 51.1 Å². The molecule has 0 aromatic heterocycles.